The van der Waals surface area contributed by atoms with Gasteiger partial charge < -0.3 is 20.9 Å². The molecule has 1 amide bonds. The van der Waals surface area contributed by atoms with Crippen LogP contribution in [0.3, 0.4) is 0 Å². The van der Waals surface area contributed by atoms with Gasteiger partial charge in [0.2, 0.25) is 11.9 Å². The number of hydrogen-bond acceptors (Lipinski definition) is 5. The highest BCUT2D eigenvalue weighted by atomic mass is 16.1. The minimum atomic E-state index is -0.652. The number of aliphatic imine (C=N–C) groups is 1. The number of carbonyl (C=O) groups is 1. The molecule has 0 atom stereocenters. The predicted molar refractivity (Wildman–Crippen MR) is 94.8 cm³/mol. The van der Waals surface area contributed by atoms with E-state index in [4.69, 9.17) is 5.73 Å². The molecule has 3 N–H and O–H groups in total. The third-order valence-corrected chi connectivity index (χ3v) is 4.04. The van der Waals surface area contributed by atoms with Crippen molar-refractivity contribution in [1.29, 1.82) is 0 Å². The van der Waals surface area contributed by atoms with Crippen molar-refractivity contribution in [3.05, 3.63) is 18.5 Å². The fourth-order valence-corrected chi connectivity index (χ4v) is 2.35. The SMILES string of the molecule is CCNC(=NCC(C)(C)C(N)=O)N1CCN(c2ncccn2)CC1. The second-order valence-electron chi connectivity index (χ2n) is 6.44. The van der Waals surface area contributed by atoms with E-state index in [-0.39, 0.29) is 5.91 Å². The topological polar surface area (TPSA) is 99.7 Å². The maximum absolute atomic E-state index is 11.5. The zero-order valence-electron chi connectivity index (χ0n) is 14.7. The first-order valence-electron chi connectivity index (χ1n) is 8.29. The smallest absolute Gasteiger partial charge is 0.225 e. The van der Waals surface area contributed by atoms with E-state index in [1.54, 1.807) is 12.4 Å². The highest BCUT2D eigenvalue weighted by Crippen LogP contribution is 2.15. The summed E-state index contributed by atoms with van der Waals surface area (Å²) in [6, 6.07) is 1.82. The molecule has 0 spiro atoms. The van der Waals surface area contributed by atoms with Gasteiger partial charge in [-0.1, -0.05) is 0 Å². The maximum atomic E-state index is 11.5. The molecule has 1 aliphatic rings. The van der Waals surface area contributed by atoms with Gasteiger partial charge in [-0.25, -0.2) is 9.97 Å². The van der Waals surface area contributed by atoms with Crippen LogP contribution in [0.4, 0.5) is 5.95 Å². The highest BCUT2D eigenvalue weighted by Gasteiger charge is 2.26. The summed E-state index contributed by atoms with van der Waals surface area (Å²) in [4.78, 5) is 29.0. The number of hydrogen-bond donors (Lipinski definition) is 2. The molecule has 0 aliphatic carbocycles. The number of aromatic nitrogens is 2. The maximum Gasteiger partial charge on any atom is 0.225 e. The average Bonchev–Trinajstić information content (AvgIpc) is 2.59. The van der Waals surface area contributed by atoms with Crippen molar-refractivity contribution in [3.8, 4) is 0 Å². The Morgan fingerprint density at radius 2 is 1.92 bits per heavy atom. The third-order valence-electron chi connectivity index (χ3n) is 4.04. The molecule has 1 aromatic heterocycles. The molecule has 0 unspecified atom stereocenters. The number of anilines is 1. The van der Waals surface area contributed by atoms with Crippen LogP contribution in [0.15, 0.2) is 23.5 Å². The summed E-state index contributed by atoms with van der Waals surface area (Å²) >= 11 is 0. The Morgan fingerprint density at radius 3 is 2.46 bits per heavy atom. The van der Waals surface area contributed by atoms with Crippen molar-refractivity contribution in [2.24, 2.45) is 16.1 Å². The Hall–Kier alpha value is -2.38. The minimum Gasteiger partial charge on any atom is -0.369 e. The summed E-state index contributed by atoms with van der Waals surface area (Å²) < 4.78 is 0. The van der Waals surface area contributed by atoms with E-state index in [0.29, 0.717) is 6.54 Å². The molecule has 1 saturated heterocycles. The van der Waals surface area contributed by atoms with Crippen LogP contribution in [0.2, 0.25) is 0 Å². The summed E-state index contributed by atoms with van der Waals surface area (Å²) in [6.45, 7) is 10.1. The first kappa shape index (κ1) is 18.0. The van der Waals surface area contributed by atoms with Crippen LogP contribution < -0.4 is 16.0 Å². The Balaban J connectivity index is 1.99. The summed E-state index contributed by atoms with van der Waals surface area (Å²) in [7, 11) is 0. The summed E-state index contributed by atoms with van der Waals surface area (Å²) in [5.74, 6) is 1.24. The molecular weight excluding hydrogens is 306 g/mol. The van der Waals surface area contributed by atoms with Crippen molar-refractivity contribution in [1.82, 2.24) is 20.2 Å². The normalized spacial score (nSPS) is 16.2. The van der Waals surface area contributed by atoms with Gasteiger partial charge in [0.05, 0.1) is 12.0 Å². The Kier molecular flexibility index (Phi) is 5.94. The number of guanidine groups is 1. The molecule has 0 aromatic carbocycles. The molecule has 0 radical (unpaired) electrons. The van der Waals surface area contributed by atoms with Crippen LogP contribution in [0.5, 0.6) is 0 Å². The Morgan fingerprint density at radius 1 is 1.29 bits per heavy atom. The van der Waals surface area contributed by atoms with Gasteiger partial charge in [0.25, 0.3) is 0 Å². The number of carbonyl (C=O) groups excluding carboxylic acids is 1. The van der Waals surface area contributed by atoms with Gasteiger partial charge in [0, 0.05) is 45.1 Å². The fraction of sp³-hybridized carbons (Fsp3) is 0.625. The monoisotopic (exact) mass is 333 g/mol. The van der Waals surface area contributed by atoms with Crippen LogP contribution in [-0.4, -0.2) is 66.0 Å². The Bertz CT molecular complexity index is 565. The van der Waals surface area contributed by atoms with Crippen molar-refractivity contribution in [2.45, 2.75) is 20.8 Å². The average molecular weight is 333 g/mol. The van der Waals surface area contributed by atoms with E-state index in [0.717, 1.165) is 44.6 Å². The standard InChI is InChI=1S/C16H27N7O/c1-4-18-14(21-12-16(2,3)13(17)24)22-8-10-23(11-9-22)15-19-6-5-7-20-15/h5-7H,4,8-12H2,1-3H3,(H2,17,24)(H,18,21). The fourth-order valence-electron chi connectivity index (χ4n) is 2.35. The predicted octanol–water partition coefficient (Wildman–Crippen LogP) is 0.0756. The van der Waals surface area contributed by atoms with Gasteiger partial charge in [-0.05, 0) is 26.8 Å². The van der Waals surface area contributed by atoms with Crippen molar-refractivity contribution < 1.29 is 4.79 Å². The number of piperazine rings is 1. The number of nitrogens with zero attached hydrogens (tertiary/aromatic N) is 5. The molecular formula is C16H27N7O. The molecule has 132 valence electrons. The van der Waals surface area contributed by atoms with Gasteiger partial charge in [-0.2, -0.15) is 0 Å². The number of amides is 1. The van der Waals surface area contributed by atoms with E-state index in [2.05, 4.69) is 30.1 Å². The second kappa shape index (κ2) is 7.94. The van der Waals surface area contributed by atoms with Gasteiger partial charge >= 0.3 is 0 Å². The quantitative estimate of drug-likeness (QED) is 0.584. The lowest BCUT2D eigenvalue weighted by atomic mass is 9.93. The van der Waals surface area contributed by atoms with E-state index >= 15 is 0 Å². The van der Waals surface area contributed by atoms with E-state index in [1.807, 2.05) is 26.8 Å². The molecule has 1 aliphatic heterocycles. The number of primary amides is 1. The lowest BCUT2D eigenvalue weighted by molar-refractivity contribution is -0.125. The zero-order chi connectivity index (χ0) is 17.6. The van der Waals surface area contributed by atoms with Gasteiger partial charge in [0.1, 0.15) is 0 Å². The molecule has 0 saturated carbocycles. The molecule has 2 heterocycles. The van der Waals surface area contributed by atoms with Crippen molar-refractivity contribution in [2.75, 3.05) is 44.2 Å². The largest absolute Gasteiger partial charge is 0.369 e. The van der Waals surface area contributed by atoms with Gasteiger partial charge in [-0.3, -0.25) is 9.79 Å². The third kappa shape index (κ3) is 4.56. The van der Waals surface area contributed by atoms with Crippen LogP contribution in [0.25, 0.3) is 0 Å². The second-order valence-corrected chi connectivity index (χ2v) is 6.44. The Labute approximate surface area is 143 Å². The van der Waals surface area contributed by atoms with Crippen LogP contribution in [0.1, 0.15) is 20.8 Å². The molecule has 1 fully saturated rings. The molecule has 8 nitrogen and oxygen atoms in total. The van der Waals surface area contributed by atoms with Crippen molar-refractivity contribution in [3.63, 3.8) is 0 Å². The van der Waals surface area contributed by atoms with Gasteiger partial charge in [0.15, 0.2) is 5.96 Å². The lowest BCUT2D eigenvalue weighted by Crippen LogP contribution is -2.53. The summed E-state index contributed by atoms with van der Waals surface area (Å²) in [6.07, 6.45) is 3.51. The minimum absolute atomic E-state index is 0.340. The van der Waals surface area contributed by atoms with E-state index < -0.39 is 5.41 Å². The first-order chi connectivity index (χ1) is 11.4. The number of rotatable bonds is 5. The van der Waals surface area contributed by atoms with E-state index in [9.17, 15) is 4.79 Å². The zero-order valence-corrected chi connectivity index (χ0v) is 14.7. The molecule has 24 heavy (non-hydrogen) atoms. The lowest BCUT2D eigenvalue weighted by Gasteiger charge is -2.36. The molecule has 8 heteroatoms. The first-order valence-corrected chi connectivity index (χ1v) is 8.29. The van der Waals surface area contributed by atoms with Gasteiger partial charge in [-0.15, -0.1) is 0 Å². The molecule has 2 rings (SSSR count). The van der Waals surface area contributed by atoms with Crippen molar-refractivity contribution >= 4 is 17.8 Å². The summed E-state index contributed by atoms with van der Waals surface area (Å²) in [5, 5.41) is 3.29. The molecule has 0 bridgehead atoms. The van der Waals surface area contributed by atoms with Crippen LogP contribution >= 0.6 is 0 Å². The highest BCUT2D eigenvalue weighted by molar-refractivity contribution is 5.82. The number of nitrogens with one attached hydrogen (secondary N) is 1. The van der Waals surface area contributed by atoms with Crippen LogP contribution in [-0.2, 0) is 4.79 Å². The molecule has 1 aromatic rings. The van der Waals surface area contributed by atoms with Crippen LogP contribution in [0, 0.1) is 5.41 Å². The number of nitrogens with two attached hydrogens (primary N) is 1. The van der Waals surface area contributed by atoms with E-state index in [1.165, 1.54) is 0 Å². The summed E-state index contributed by atoms with van der Waals surface area (Å²) in [5.41, 5.74) is 4.78.